The highest BCUT2D eigenvalue weighted by molar-refractivity contribution is 7.99. The molecule has 9 heteroatoms. The van der Waals surface area contributed by atoms with E-state index in [9.17, 15) is 0 Å². The van der Waals surface area contributed by atoms with E-state index in [1.807, 2.05) is 23.7 Å². The summed E-state index contributed by atoms with van der Waals surface area (Å²) in [4.78, 5) is 6.92. The fraction of sp³-hybridized carbons (Fsp3) is 0.529. The third-order valence-electron chi connectivity index (χ3n) is 4.48. The van der Waals surface area contributed by atoms with E-state index >= 15 is 0 Å². The summed E-state index contributed by atoms with van der Waals surface area (Å²) in [5.41, 5.74) is 0. The fourth-order valence-electron chi connectivity index (χ4n) is 3.07. The predicted octanol–water partition coefficient (Wildman–Crippen LogP) is 3.40. The van der Waals surface area contributed by atoms with Gasteiger partial charge in [-0.05, 0) is 43.3 Å². The van der Waals surface area contributed by atoms with Crippen LogP contribution in [0, 0.1) is 0 Å². The zero-order chi connectivity index (χ0) is 18.1. The Bertz CT molecular complexity index is 870. The van der Waals surface area contributed by atoms with Gasteiger partial charge in [0.1, 0.15) is 12.1 Å². The molecule has 1 saturated heterocycles. The summed E-state index contributed by atoms with van der Waals surface area (Å²) < 4.78 is 13.4. The second-order valence-corrected chi connectivity index (χ2v) is 7.79. The van der Waals surface area contributed by atoms with Crippen molar-refractivity contribution in [1.82, 2.24) is 29.8 Å². The van der Waals surface area contributed by atoms with Gasteiger partial charge in [-0.25, -0.2) is 0 Å². The highest BCUT2D eigenvalue weighted by Gasteiger charge is 2.31. The van der Waals surface area contributed by atoms with Gasteiger partial charge in [0.2, 0.25) is 5.89 Å². The lowest BCUT2D eigenvalue weighted by molar-refractivity contribution is 0.185. The van der Waals surface area contributed by atoms with Crippen molar-refractivity contribution in [3.05, 3.63) is 35.9 Å². The molecule has 4 heterocycles. The number of aromatic nitrogens is 5. The average Bonchev–Trinajstić information content (AvgIpc) is 3.37. The van der Waals surface area contributed by atoms with Crippen LogP contribution in [0.1, 0.15) is 56.1 Å². The van der Waals surface area contributed by atoms with Crippen molar-refractivity contribution in [2.24, 2.45) is 7.05 Å². The summed E-state index contributed by atoms with van der Waals surface area (Å²) in [6.07, 6.45) is 3.82. The zero-order valence-corrected chi connectivity index (χ0v) is 15.9. The van der Waals surface area contributed by atoms with Gasteiger partial charge in [0, 0.05) is 13.0 Å². The van der Waals surface area contributed by atoms with E-state index in [1.165, 1.54) is 11.8 Å². The van der Waals surface area contributed by atoms with E-state index in [0.717, 1.165) is 47.8 Å². The van der Waals surface area contributed by atoms with Gasteiger partial charge in [-0.15, -0.1) is 10.2 Å². The maximum Gasteiger partial charge on any atom is 0.244 e. The van der Waals surface area contributed by atoms with Crippen molar-refractivity contribution in [2.75, 3.05) is 6.54 Å². The molecule has 138 valence electrons. The lowest BCUT2D eigenvalue weighted by Crippen LogP contribution is -2.22. The molecule has 0 unspecified atom stereocenters. The van der Waals surface area contributed by atoms with Gasteiger partial charge < -0.3 is 13.5 Å². The summed E-state index contributed by atoms with van der Waals surface area (Å²) in [6, 6.07) is 4.15. The normalized spacial score (nSPS) is 18.2. The Morgan fingerprint density at radius 2 is 2.23 bits per heavy atom. The molecule has 0 amide bonds. The molecule has 0 saturated carbocycles. The first kappa shape index (κ1) is 17.3. The highest BCUT2D eigenvalue weighted by atomic mass is 32.2. The lowest BCUT2D eigenvalue weighted by Gasteiger charge is -2.19. The van der Waals surface area contributed by atoms with Crippen molar-refractivity contribution >= 4 is 11.8 Å². The quantitative estimate of drug-likeness (QED) is 0.649. The number of furan rings is 1. The second kappa shape index (κ2) is 7.24. The Morgan fingerprint density at radius 3 is 2.96 bits per heavy atom. The van der Waals surface area contributed by atoms with Crippen molar-refractivity contribution in [3.8, 4) is 0 Å². The Kier molecular flexibility index (Phi) is 4.82. The van der Waals surface area contributed by atoms with Gasteiger partial charge in [-0.1, -0.05) is 19.0 Å². The van der Waals surface area contributed by atoms with E-state index in [0.29, 0.717) is 5.89 Å². The zero-order valence-electron chi connectivity index (χ0n) is 15.1. The number of likely N-dealkylation sites (tertiary alicyclic amines) is 1. The van der Waals surface area contributed by atoms with Crippen LogP contribution in [0.2, 0.25) is 0 Å². The number of rotatable bonds is 6. The van der Waals surface area contributed by atoms with Gasteiger partial charge in [-0.3, -0.25) is 4.90 Å². The minimum absolute atomic E-state index is 0.162. The summed E-state index contributed by atoms with van der Waals surface area (Å²) in [6.45, 7) is 5.86. The average molecular weight is 374 g/mol. The standard InChI is InChI=1S/C17H22N6O2S/c1-11(2)15-19-16(25-21-15)13-5-4-8-23(13)9-12-6-7-14(24-12)26-17-20-18-10-22(17)3/h6-7,10-11,13H,4-5,8-9H2,1-3H3/t13-/m0/s1. The molecule has 0 aromatic carbocycles. The molecule has 1 aliphatic rings. The number of hydrogen-bond acceptors (Lipinski definition) is 8. The van der Waals surface area contributed by atoms with Gasteiger partial charge >= 0.3 is 0 Å². The van der Waals surface area contributed by atoms with Crippen LogP contribution >= 0.6 is 11.8 Å². The molecule has 0 bridgehead atoms. The molecule has 3 aromatic heterocycles. The van der Waals surface area contributed by atoms with E-state index in [4.69, 9.17) is 8.94 Å². The molecule has 0 spiro atoms. The van der Waals surface area contributed by atoms with Gasteiger partial charge in [0.15, 0.2) is 16.1 Å². The van der Waals surface area contributed by atoms with Crippen LogP contribution in [0.4, 0.5) is 0 Å². The third kappa shape index (κ3) is 3.54. The molecule has 8 nitrogen and oxygen atoms in total. The second-order valence-electron chi connectivity index (χ2n) is 6.82. The van der Waals surface area contributed by atoms with E-state index in [1.54, 1.807) is 6.33 Å². The number of aryl methyl sites for hydroxylation is 1. The van der Waals surface area contributed by atoms with Gasteiger partial charge in [0.05, 0.1) is 12.6 Å². The number of nitrogens with zero attached hydrogens (tertiary/aromatic N) is 6. The first-order chi connectivity index (χ1) is 12.6. The molecule has 3 aromatic rings. The molecular formula is C17H22N6O2S. The van der Waals surface area contributed by atoms with Crippen molar-refractivity contribution in [3.63, 3.8) is 0 Å². The predicted molar refractivity (Wildman–Crippen MR) is 94.6 cm³/mol. The maximum absolute atomic E-state index is 5.98. The Balaban J connectivity index is 1.43. The minimum Gasteiger partial charge on any atom is -0.453 e. The smallest absolute Gasteiger partial charge is 0.244 e. The fourth-order valence-corrected chi connectivity index (χ4v) is 3.81. The molecule has 4 rings (SSSR count). The molecule has 1 aliphatic heterocycles. The van der Waals surface area contributed by atoms with E-state index in [-0.39, 0.29) is 12.0 Å². The maximum atomic E-state index is 5.98. The van der Waals surface area contributed by atoms with Crippen LogP contribution in [0.25, 0.3) is 0 Å². The summed E-state index contributed by atoms with van der Waals surface area (Å²) in [5, 5.41) is 13.7. The summed E-state index contributed by atoms with van der Waals surface area (Å²) in [7, 11) is 1.91. The summed E-state index contributed by atoms with van der Waals surface area (Å²) >= 11 is 1.47. The molecule has 1 atom stereocenters. The third-order valence-corrected chi connectivity index (χ3v) is 5.45. The first-order valence-corrected chi connectivity index (χ1v) is 9.60. The molecule has 1 fully saturated rings. The van der Waals surface area contributed by atoms with Crippen LogP contribution < -0.4 is 0 Å². The van der Waals surface area contributed by atoms with Crippen LogP contribution in [-0.4, -0.2) is 36.3 Å². The molecule has 0 N–H and O–H groups in total. The van der Waals surface area contributed by atoms with Crippen molar-refractivity contribution in [1.29, 1.82) is 0 Å². The van der Waals surface area contributed by atoms with Crippen LogP contribution in [0.15, 0.2) is 37.6 Å². The van der Waals surface area contributed by atoms with Gasteiger partial charge in [0.25, 0.3) is 0 Å². The molecule has 26 heavy (non-hydrogen) atoms. The van der Waals surface area contributed by atoms with E-state index in [2.05, 4.69) is 39.1 Å². The molecule has 0 aliphatic carbocycles. The minimum atomic E-state index is 0.162. The van der Waals surface area contributed by atoms with Crippen molar-refractivity contribution in [2.45, 2.75) is 55.4 Å². The molecular weight excluding hydrogens is 352 g/mol. The SMILES string of the molecule is CC(C)c1noc([C@@H]2CCCN2Cc2ccc(Sc3nncn3C)o2)n1. The van der Waals surface area contributed by atoms with Crippen LogP contribution in [0.5, 0.6) is 0 Å². The molecule has 0 radical (unpaired) electrons. The van der Waals surface area contributed by atoms with Crippen molar-refractivity contribution < 1.29 is 8.94 Å². The van der Waals surface area contributed by atoms with E-state index < -0.39 is 0 Å². The Labute approximate surface area is 156 Å². The van der Waals surface area contributed by atoms with Gasteiger partial charge in [-0.2, -0.15) is 4.98 Å². The monoisotopic (exact) mass is 374 g/mol. The summed E-state index contributed by atoms with van der Waals surface area (Å²) in [5.74, 6) is 2.68. The number of hydrogen-bond donors (Lipinski definition) is 0. The first-order valence-electron chi connectivity index (χ1n) is 8.78. The largest absolute Gasteiger partial charge is 0.453 e. The van der Waals surface area contributed by atoms with Crippen LogP contribution in [-0.2, 0) is 13.6 Å². The Hall–Kier alpha value is -2.13. The van der Waals surface area contributed by atoms with Crippen LogP contribution in [0.3, 0.4) is 0 Å². The lowest BCUT2D eigenvalue weighted by atomic mass is 10.2. The Morgan fingerprint density at radius 1 is 1.35 bits per heavy atom. The highest BCUT2D eigenvalue weighted by Crippen LogP contribution is 2.34. The topological polar surface area (TPSA) is 86.0 Å².